The number of nitrogens with one attached hydrogen (secondary N) is 1. The van der Waals surface area contributed by atoms with Crippen LogP contribution in [0, 0.1) is 6.92 Å². The van der Waals surface area contributed by atoms with Crippen molar-refractivity contribution in [1.82, 2.24) is 4.98 Å². The molecule has 17 heavy (non-hydrogen) atoms. The molecule has 0 saturated carbocycles. The van der Waals surface area contributed by atoms with Crippen molar-refractivity contribution in [2.75, 3.05) is 4.72 Å². The molecular weight excluding hydrogens is 280 g/mol. The van der Waals surface area contributed by atoms with Gasteiger partial charge in [0.25, 0.3) is 10.0 Å². The minimum Gasteiger partial charge on any atom is -0.277 e. The van der Waals surface area contributed by atoms with Crippen molar-refractivity contribution in [3.8, 4) is 0 Å². The highest BCUT2D eigenvalue weighted by atomic mass is 35.5. The SMILES string of the molecule is Cc1nc(Cl)ccc1NS(=O)(=O)c1cccs1. The second-order valence-corrected chi connectivity index (χ2v) is 6.55. The summed E-state index contributed by atoms with van der Waals surface area (Å²) in [6.45, 7) is 1.69. The van der Waals surface area contributed by atoms with E-state index in [9.17, 15) is 8.42 Å². The average molecular weight is 289 g/mol. The Hall–Kier alpha value is -1.11. The van der Waals surface area contributed by atoms with Crippen LogP contribution in [0.15, 0.2) is 33.9 Å². The summed E-state index contributed by atoms with van der Waals surface area (Å²) < 4.78 is 26.6. The molecule has 0 aliphatic heterocycles. The van der Waals surface area contributed by atoms with Gasteiger partial charge in [0.15, 0.2) is 0 Å². The molecule has 0 bridgehead atoms. The van der Waals surface area contributed by atoms with E-state index in [0.29, 0.717) is 16.5 Å². The lowest BCUT2D eigenvalue weighted by Crippen LogP contribution is -2.12. The quantitative estimate of drug-likeness (QED) is 0.884. The zero-order valence-corrected chi connectivity index (χ0v) is 11.2. The first-order valence-corrected chi connectivity index (χ1v) is 7.42. The molecule has 7 heteroatoms. The Morgan fingerprint density at radius 3 is 2.71 bits per heavy atom. The van der Waals surface area contributed by atoms with E-state index in [2.05, 4.69) is 9.71 Å². The molecule has 0 fully saturated rings. The molecule has 0 amide bonds. The Morgan fingerprint density at radius 2 is 2.12 bits per heavy atom. The molecule has 4 nitrogen and oxygen atoms in total. The van der Waals surface area contributed by atoms with Crippen LogP contribution in [0.2, 0.25) is 5.15 Å². The smallest absolute Gasteiger partial charge is 0.271 e. The van der Waals surface area contributed by atoms with Crippen molar-refractivity contribution in [3.63, 3.8) is 0 Å². The predicted molar refractivity (Wildman–Crippen MR) is 69.1 cm³/mol. The lowest BCUT2D eigenvalue weighted by Gasteiger charge is -2.08. The Kier molecular flexibility index (Phi) is 3.37. The van der Waals surface area contributed by atoms with Crippen LogP contribution in [-0.2, 0) is 10.0 Å². The maximum absolute atomic E-state index is 11.9. The van der Waals surface area contributed by atoms with Crippen LogP contribution in [0.4, 0.5) is 5.69 Å². The number of anilines is 1. The van der Waals surface area contributed by atoms with Gasteiger partial charge in [-0.2, -0.15) is 0 Å². The van der Waals surface area contributed by atoms with Gasteiger partial charge in [-0.25, -0.2) is 13.4 Å². The van der Waals surface area contributed by atoms with Crippen molar-refractivity contribution in [3.05, 3.63) is 40.5 Å². The molecule has 0 spiro atoms. The van der Waals surface area contributed by atoms with E-state index >= 15 is 0 Å². The summed E-state index contributed by atoms with van der Waals surface area (Å²) in [4.78, 5) is 3.98. The Morgan fingerprint density at radius 1 is 1.35 bits per heavy atom. The summed E-state index contributed by atoms with van der Waals surface area (Å²) in [5, 5.41) is 2.04. The third-order valence-corrected chi connectivity index (χ3v) is 5.03. The number of aryl methyl sites for hydroxylation is 1. The van der Waals surface area contributed by atoms with Gasteiger partial charge in [0.2, 0.25) is 0 Å². The van der Waals surface area contributed by atoms with Crippen molar-refractivity contribution in [2.24, 2.45) is 0 Å². The number of pyridine rings is 1. The molecule has 0 aliphatic carbocycles. The number of nitrogens with zero attached hydrogens (tertiary/aromatic N) is 1. The van der Waals surface area contributed by atoms with Crippen LogP contribution in [0.25, 0.3) is 0 Å². The molecule has 2 rings (SSSR count). The number of rotatable bonds is 3. The summed E-state index contributed by atoms with van der Waals surface area (Å²) in [6, 6.07) is 6.37. The van der Waals surface area contributed by atoms with Crippen LogP contribution in [0.1, 0.15) is 5.69 Å². The van der Waals surface area contributed by atoms with Gasteiger partial charge >= 0.3 is 0 Å². The number of aromatic nitrogens is 1. The fourth-order valence-electron chi connectivity index (χ4n) is 1.25. The lowest BCUT2D eigenvalue weighted by molar-refractivity contribution is 0.603. The van der Waals surface area contributed by atoms with Crippen LogP contribution in [0.5, 0.6) is 0 Å². The molecule has 90 valence electrons. The number of hydrogen-bond acceptors (Lipinski definition) is 4. The van der Waals surface area contributed by atoms with Gasteiger partial charge in [0.1, 0.15) is 9.36 Å². The molecule has 0 atom stereocenters. The Bertz CT molecular complexity index is 624. The fraction of sp³-hybridized carbons (Fsp3) is 0.100. The second kappa shape index (κ2) is 4.64. The standard InChI is InChI=1S/C10H9ClN2O2S2/c1-7-8(4-5-9(11)12-7)13-17(14,15)10-3-2-6-16-10/h2-6,13H,1H3. The summed E-state index contributed by atoms with van der Waals surface area (Å²) in [7, 11) is -3.52. The van der Waals surface area contributed by atoms with Gasteiger partial charge in [-0.3, -0.25) is 4.72 Å². The lowest BCUT2D eigenvalue weighted by atomic mass is 10.3. The molecule has 2 heterocycles. The van der Waals surface area contributed by atoms with E-state index in [1.54, 1.807) is 36.6 Å². The first kappa shape index (κ1) is 12.3. The maximum Gasteiger partial charge on any atom is 0.271 e. The summed E-state index contributed by atoms with van der Waals surface area (Å²) >= 11 is 6.86. The monoisotopic (exact) mass is 288 g/mol. The van der Waals surface area contributed by atoms with Crippen molar-refractivity contribution >= 4 is 38.6 Å². The minimum absolute atomic E-state index is 0.270. The Labute approximate surface area is 108 Å². The van der Waals surface area contributed by atoms with Crippen LogP contribution in [0.3, 0.4) is 0 Å². The summed E-state index contributed by atoms with van der Waals surface area (Å²) in [6.07, 6.45) is 0. The number of hydrogen-bond donors (Lipinski definition) is 1. The van der Waals surface area contributed by atoms with E-state index in [1.165, 1.54) is 0 Å². The van der Waals surface area contributed by atoms with Gasteiger partial charge in [0, 0.05) is 0 Å². The first-order valence-electron chi connectivity index (χ1n) is 4.68. The predicted octanol–water partition coefficient (Wildman–Crippen LogP) is 2.91. The minimum atomic E-state index is -3.52. The third kappa shape index (κ3) is 2.77. The molecule has 0 aliphatic rings. The number of halogens is 1. The molecule has 0 unspecified atom stereocenters. The molecule has 2 aromatic heterocycles. The average Bonchev–Trinajstić information content (AvgIpc) is 2.76. The molecule has 0 radical (unpaired) electrons. The van der Waals surface area contributed by atoms with Gasteiger partial charge in [0.05, 0.1) is 11.4 Å². The van der Waals surface area contributed by atoms with E-state index < -0.39 is 10.0 Å². The van der Waals surface area contributed by atoms with E-state index in [-0.39, 0.29) is 4.21 Å². The highest BCUT2D eigenvalue weighted by Crippen LogP contribution is 2.22. The molecule has 0 aromatic carbocycles. The molecular formula is C10H9ClN2O2S2. The van der Waals surface area contributed by atoms with Gasteiger partial charge < -0.3 is 0 Å². The molecule has 1 N–H and O–H groups in total. The summed E-state index contributed by atoms with van der Waals surface area (Å²) in [5.41, 5.74) is 0.973. The van der Waals surface area contributed by atoms with Crippen LogP contribution in [-0.4, -0.2) is 13.4 Å². The maximum atomic E-state index is 11.9. The van der Waals surface area contributed by atoms with E-state index in [1.807, 2.05) is 0 Å². The van der Waals surface area contributed by atoms with Crippen molar-refractivity contribution in [2.45, 2.75) is 11.1 Å². The van der Waals surface area contributed by atoms with E-state index in [4.69, 9.17) is 11.6 Å². The van der Waals surface area contributed by atoms with Gasteiger partial charge in [-0.1, -0.05) is 17.7 Å². The Balaban J connectivity index is 2.33. The topological polar surface area (TPSA) is 59.1 Å². The van der Waals surface area contributed by atoms with Gasteiger partial charge in [-0.15, -0.1) is 11.3 Å². The van der Waals surface area contributed by atoms with Gasteiger partial charge in [-0.05, 0) is 30.5 Å². The first-order chi connectivity index (χ1) is 7.99. The second-order valence-electron chi connectivity index (χ2n) is 3.30. The number of thiophene rings is 1. The summed E-state index contributed by atoms with van der Waals surface area (Å²) in [5.74, 6) is 0. The zero-order chi connectivity index (χ0) is 12.5. The van der Waals surface area contributed by atoms with Crippen molar-refractivity contribution in [1.29, 1.82) is 0 Å². The highest BCUT2D eigenvalue weighted by molar-refractivity contribution is 7.94. The number of sulfonamides is 1. The third-order valence-electron chi connectivity index (χ3n) is 2.06. The largest absolute Gasteiger partial charge is 0.277 e. The highest BCUT2D eigenvalue weighted by Gasteiger charge is 2.16. The molecule has 2 aromatic rings. The fourth-order valence-corrected chi connectivity index (χ4v) is 3.55. The van der Waals surface area contributed by atoms with Crippen LogP contribution >= 0.6 is 22.9 Å². The molecule has 0 saturated heterocycles. The normalized spacial score (nSPS) is 11.4. The van der Waals surface area contributed by atoms with E-state index in [0.717, 1.165) is 11.3 Å². The zero-order valence-electron chi connectivity index (χ0n) is 8.84. The van der Waals surface area contributed by atoms with Crippen molar-refractivity contribution < 1.29 is 8.42 Å². The van der Waals surface area contributed by atoms with Crippen LogP contribution < -0.4 is 4.72 Å².